The zero-order valence-corrected chi connectivity index (χ0v) is 11.2. The van der Waals surface area contributed by atoms with Crippen LogP contribution < -0.4 is 5.32 Å². The van der Waals surface area contributed by atoms with Gasteiger partial charge in [-0.2, -0.15) is 5.26 Å². The molecule has 0 aromatic rings. The minimum absolute atomic E-state index is 0.390. The standard InChI is InChI=1S/C14H25N3/c1-14(10-15,16-2)11-17-9-5-7-12-6-3-4-8-13(12)17/h12-13,16H,3-9,11H2,1-2H3/t12-,13-,14?/m1/s1. The first-order chi connectivity index (χ1) is 8.18. The maximum absolute atomic E-state index is 9.27. The molecule has 3 atom stereocenters. The second kappa shape index (κ2) is 5.37. The predicted octanol–water partition coefficient (Wildman–Crippen LogP) is 2.14. The lowest BCUT2D eigenvalue weighted by Crippen LogP contribution is -2.55. The highest BCUT2D eigenvalue weighted by atomic mass is 15.2. The number of piperidine rings is 1. The highest BCUT2D eigenvalue weighted by Gasteiger charge is 2.36. The summed E-state index contributed by atoms with van der Waals surface area (Å²) in [7, 11) is 1.89. The zero-order valence-electron chi connectivity index (χ0n) is 11.2. The lowest BCUT2D eigenvalue weighted by molar-refractivity contribution is 0.0477. The molecule has 96 valence electrons. The van der Waals surface area contributed by atoms with Gasteiger partial charge in [-0.05, 0) is 52.1 Å². The quantitative estimate of drug-likeness (QED) is 0.814. The molecule has 3 nitrogen and oxygen atoms in total. The fourth-order valence-electron chi connectivity index (χ4n) is 3.50. The van der Waals surface area contributed by atoms with E-state index < -0.39 is 0 Å². The van der Waals surface area contributed by atoms with E-state index >= 15 is 0 Å². The molecule has 0 aromatic heterocycles. The van der Waals surface area contributed by atoms with Crippen molar-refractivity contribution >= 4 is 0 Å². The van der Waals surface area contributed by atoms with Crippen LogP contribution in [0.15, 0.2) is 0 Å². The number of rotatable bonds is 3. The van der Waals surface area contributed by atoms with Crippen molar-refractivity contribution in [1.82, 2.24) is 10.2 Å². The van der Waals surface area contributed by atoms with E-state index in [0.717, 1.165) is 18.5 Å². The van der Waals surface area contributed by atoms with Crippen LogP contribution in [0.25, 0.3) is 0 Å². The lowest BCUT2D eigenvalue weighted by atomic mass is 9.78. The normalized spacial score (nSPS) is 33.5. The molecule has 0 aromatic carbocycles. The zero-order chi connectivity index (χ0) is 12.3. The Balaban J connectivity index is 2.02. The summed E-state index contributed by atoms with van der Waals surface area (Å²) >= 11 is 0. The Morgan fingerprint density at radius 3 is 2.71 bits per heavy atom. The molecule has 17 heavy (non-hydrogen) atoms. The van der Waals surface area contributed by atoms with Crippen LogP contribution in [0, 0.1) is 17.2 Å². The van der Waals surface area contributed by atoms with E-state index in [1.807, 2.05) is 14.0 Å². The molecule has 1 aliphatic heterocycles. The Morgan fingerprint density at radius 1 is 1.29 bits per heavy atom. The molecular formula is C14H25N3. The average Bonchev–Trinajstić information content (AvgIpc) is 2.39. The molecule has 2 aliphatic rings. The number of hydrogen-bond acceptors (Lipinski definition) is 3. The first-order valence-electron chi connectivity index (χ1n) is 7.03. The van der Waals surface area contributed by atoms with Gasteiger partial charge < -0.3 is 5.32 Å². The van der Waals surface area contributed by atoms with Crippen molar-refractivity contribution in [2.75, 3.05) is 20.1 Å². The molecule has 1 saturated carbocycles. The van der Waals surface area contributed by atoms with Crippen molar-refractivity contribution < 1.29 is 0 Å². The van der Waals surface area contributed by atoms with E-state index in [9.17, 15) is 5.26 Å². The van der Waals surface area contributed by atoms with E-state index in [-0.39, 0.29) is 5.54 Å². The van der Waals surface area contributed by atoms with Crippen LogP contribution in [0.5, 0.6) is 0 Å². The summed E-state index contributed by atoms with van der Waals surface area (Å²) in [4.78, 5) is 2.58. The lowest BCUT2D eigenvalue weighted by Gasteiger charge is -2.46. The van der Waals surface area contributed by atoms with Crippen molar-refractivity contribution in [3.8, 4) is 6.07 Å². The van der Waals surface area contributed by atoms with Crippen LogP contribution in [0.2, 0.25) is 0 Å². The fourth-order valence-corrected chi connectivity index (χ4v) is 3.50. The van der Waals surface area contributed by atoms with Gasteiger partial charge in [0.25, 0.3) is 0 Å². The largest absolute Gasteiger partial charge is 0.302 e. The highest BCUT2D eigenvalue weighted by molar-refractivity contribution is 5.06. The molecular weight excluding hydrogens is 210 g/mol. The van der Waals surface area contributed by atoms with Gasteiger partial charge in [0.1, 0.15) is 5.54 Å². The summed E-state index contributed by atoms with van der Waals surface area (Å²) in [6.07, 6.45) is 8.26. The van der Waals surface area contributed by atoms with Crippen LogP contribution in [-0.4, -0.2) is 36.6 Å². The maximum atomic E-state index is 9.27. The van der Waals surface area contributed by atoms with E-state index in [4.69, 9.17) is 0 Å². The molecule has 0 spiro atoms. The minimum Gasteiger partial charge on any atom is -0.302 e. The third-order valence-electron chi connectivity index (χ3n) is 4.68. The summed E-state index contributed by atoms with van der Waals surface area (Å²) in [5, 5.41) is 12.4. The number of likely N-dealkylation sites (tertiary alicyclic amines) is 1. The number of nitrogens with zero attached hydrogens (tertiary/aromatic N) is 2. The number of likely N-dealkylation sites (N-methyl/N-ethyl adjacent to an activating group) is 1. The van der Waals surface area contributed by atoms with Crippen LogP contribution in [0.4, 0.5) is 0 Å². The van der Waals surface area contributed by atoms with Gasteiger partial charge in [0.15, 0.2) is 0 Å². The summed E-state index contributed by atoms with van der Waals surface area (Å²) in [5.41, 5.74) is -0.390. The van der Waals surface area contributed by atoms with Crippen molar-refractivity contribution in [3.63, 3.8) is 0 Å². The molecule has 0 radical (unpaired) electrons. The molecule has 2 fully saturated rings. The molecule has 1 N–H and O–H groups in total. The Morgan fingerprint density at radius 2 is 2.00 bits per heavy atom. The van der Waals surface area contributed by atoms with Gasteiger partial charge in [-0.25, -0.2) is 0 Å². The van der Waals surface area contributed by atoms with Gasteiger partial charge in [-0.3, -0.25) is 4.90 Å². The van der Waals surface area contributed by atoms with Crippen LogP contribution in [0.3, 0.4) is 0 Å². The van der Waals surface area contributed by atoms with Crippen molar-refractivity contribution in [3.05, 3.63) is 0 Å². The van der Waals surface area contributed by atoms with Crippen LogP contribution >= 0.6 is 0 Å². The van der Waals surface area contributed by atoms with Crippen LogP contribution in [-0.2, 0) is 0 Å². The third-order valence-corrected chi connectivity index (χ3v) is 4.68. The van der Waals surface area contributed by atoms with Crippen molar-refractivity contribution in [2.45, 2.75) is 57.0 Å². The summed E-state index contributed by atoms with van der Waals surface area (Å²) in [5.74, 6) is 0.900. The molecule has 3 heteroatoms. The van der Waals surface area contributed by atoms with Crippen molar-refractivity contribution in [2.24, 2.45) is 5.92 Å². The monoisotopic (exact) mass is 235 g/mol. The number of hydrogen-bond donors (Lipinski definition) is 1. The van der Waals surface area contributed by atoms with Crippen molar-refractivity contribution in [1.29, 1.82) is 5.26 Å². The first kappa shape index (κ1) is 12.9. The molecule has 0 amide bonds. The molecule has 1 saturated heterocycles. The number of fused-ring (bicyclic) bond motifs is 1. The van der Waals surface area contributed by atoms with Gasteiger partial charge >= 0.3 is 0 Å². The minimum atomic E-state index is -0.390. The first-order valence-corrected chi connectivity index (χ1v) is 7.03. The summed E-state index contributed by atoms with van der Waals surface area (Å²) in [6.45, 7) is 4.07. The Kier molecular flexibility index (Phi) is 4.06. The number of nitrogens with one attached hydrogen (secondary N) is 1. The SMILES string of the molecule is CNC(C)(C#N)CN1CCC[C@H]2CCCC[C@H]21. The Labute approximate surface area is 105 Å². The summed E-state index contributed by atoms with van der Waals surface area (Å²) < 4.78 is 0. The predicted molar refractivity (Wildman–Crippen MR) is 69.6 cm³/mol. The van der Waals surface area contributed by atoms with E-state index in [2.05, 4.69) is 16.3 Å². The van der Waals surface area contributed by atoms with E-state index in [0.29, 0.717) is 0 Å². The highest BCUT2D eigenvalue weighted by Crippen LogP contribution is 2.35. The van der Waals surface area contributed by atoms with Gasteiger partial charge in [-0.1, -0.05) is 12.8 Å². The van der Waals surface area contributed by atoms with E-state index in [1.165, 1.54) is 45.1 Å². The molecule has 1 aliphatic carbocycles. The molecule has 0 bridgehead atoms. The summed E-state index contributed by atoms with van der Waals surface area (Å²) in [6, 6.07) is 3.17. The molecule has 1 heterocycles. The van der Waals surface area contributed by atoms with E-state index in [1.54, 1.807) is 0 Å². The second-order valence-electron chi connectivity index (χ2n) is 5.92. The third kappa shape index (κ3) is 2.81. The Hall–Kier alpha value is -0.590. The topological polar surface area (TPSA) is 39.1 Å². The smallest absolute Gasteiger partial charge is 0.116 e. The van der Waals surface area contributed by atoms with Gasteiger partial charge in [0, 0.05) is 12.6 Å². The van der Waals surface area contributed by atoms with Gasteiger partial charge in [-0.15, -0.1) is 0 Å². The van der Waals surface area contributed by atoms with Gasteiger partial charge in [0.2, 0.25) is 0 Å². The Bertz CT molecular complexity index is 294. The number of nitriles is 1. The van der Waals surface area contributed by atoms with Gasteiger partial charge in [0.05, 0.1) is 6.07 Å². The van der Waals surface area contributed by atoms with Crippen LogP contribution in [0.1, 0.15) is 45.4 Å². The molecule has 2 rings (SSSR count). The average molecular weight is 235 g/mol. The molecule has 1 unspecified atom stereocenters. The second-order valence-corrected chi connectivity index (χ2v) is 5.92. The fraction of sp³-hybridized carbons (Fsp3) is 0.929. The maximum Gasteiger partial charge on any atom is 0.116 e.